The summed E-state index contributed by atoms with van der Waals surface area (Å²) in [5.74, 6) is 0.394. The summed E-state index contributed by atoms with van der Waals surface area (Å²) in [5.41, 5.74) is 3.20. The summed E-state index contributed by atoms with van der Waals surface area (Å²) in [7, 11) is 0. The molecule has 2 aromatic carbocycles. The van der Waals surface area contributed by atoms with Crippen LogP contribution < -0.4 is 4.74 Å². The lowest BCUT2D eigenvalue weighted by molar-refractivity contribution is 0.198. The second-order valence-corrected chi connectivity index (χ2v) is 5.25. The van der Waals surface area contributed by atoms with Crippen molar-refractivity contribution in [3.8, 4) is 11.5 Å². The van der Waals surface area contributed by atoms with Gasteiger partial charge in [-0.05, 0) is 67.1 Å². The van der Waals surface area contributed by atoms with Crippen LogP contribution in [0, 0.1) is 5.82 Å². The van der Waals surface area contributed by atoms with E-state index in [9.17, 15) is 9.50 Å². The lowest BCUT2D eigenvalue weighted by Gasteiger charge is -2.10. The summed E-state index contributed by atoms with van der Waals surface area (Å²) in [5, 5.41) is 9.43. The van der Waals surface area contributed by atoms with E-state index in [2.05, 4.69) is 6.07 Å². The third kappa shape index (κ3) is 2.54. The second-order valence-electron chi connectivity index (χ2n) is 5.25. The Morgan fingerprint density at radius 1 is 1.10 bits per heavy atom. The largest absolute Gasteiger partial charge is 0.454 e. The molecule has 0 amide bonds. The molecule has 1 aliphatic carbocycles. The Labute approximate surface area is 117 Å². The summed E-state index contributed by atoms with van der Waals surface area (Å²) in [6, 6.07) is 10.5. The molecule has 1 atom stereocenters. The van der Waals surface area contributed by atoms with Gasteiger partial charge in [-0.3, -0.25) is 0 Å². The van der Waals surface area contributed by atoms with Gasteiger partial charge >= 0.3 is 0 Å². The second kappa shape index (κ2) is 5.25. The van der Waals surface area contributed by atoms with Crippen molar-refractivity contribution in [2.45, 2.75) is 32.3 Å². The predicted molar refractivity (Wildman–Crippen MR) is 75.6 cm³/mol. The normalized spacial score (nSPS) is 14.9. The molecule has 1 N–H and O–H groups in total. The summed E-state index contributed by atoms with van der Waals surface area (Å²) < 4.78 is 19.5. The molecule has 0 aliphatic heterocycles. The highest BCUT2D eigenvalue weighted by Crippen LogP contribution is 2.31. The Morgan fingerprint density at radius 3 is 2.65 bits per heavy atom. The minimum absolute atomic E-state index is 0.187. The number of aliphatic hydroxyl groups is 1. The van der Waals surface area contributed by atoms with Crippen LogP contribution in [0.5, 0.6) is 11.5 Å². The minimum atomic E-state index is -0.682. The summed E-state index contributed by atoms with van der Waals surface area (Å²) >= 11 is 0. The highest BCUT2D eigenvalue weighted by atomic mass is 19.1. The maximum absolute atomic E-state index is 13.9. The standard InChI is InChI=1S/C17H17FO2/c1-11(19)13-6-8-17(16(18)10-13)20-15-7-5-12-3-2-4-14(12)9-15/h5-11,19H,2-4H2,1H3/t11-/m0/s1. The van der Waals surface area contributed by atoms with Crippen molar-refractivity contribution in [3.63, 3.8) is 0 Å². The quantitative estimate of drug-likeness (QED) is 0.909. The molecule has 0 saturated heterocycles. The topological polar surface area (TPSA) is 29.5 Å². The van der Waals surface area contributed by atoms with Crippen LogP contribution in [0.3, 0.4) is 0 Å². The molecule has 0 spiro atoms. The van der Waals surface area contributed by atoms with E-state index in [0.29, 0.717) is 11.3 Å². The zero-order valence-electron chi connectivity index (χ0n) is 11.4. The molecule has 2 aromatic rings. The molecule has 0 unspecified atom stereocenters. The first-order valence-corrected chi connectivity index (χ1v) is 6.90. The predicted octanol–water partition coefficient (Wildman–Crippen LogP) is 4.16. The van der Waals surface area contributed by atoms with E-state index in [0.717, 1.165) is 12.8 Å². The average molecular weight is 272 g/mol. The number of aliphatic hydroxyl groups excluding tert-OH is 1. The fourth-order valence-corrected chi connectivity index (χ4v) is 2.60. The van der Waals surface area contributed by atoms with E-state index in [1.165, 1.54) is 23.6 Å². The molecule has 0 aromatic heterocycles. The van der Waals surface area contributed by atoms with Gasteiger partial charge in [0, 0.05) is 0 Å². The summed E-state index contributed by atoms with van der Waals surface area (Å²) in [4.78, 5) is 0. The van der Waals surface area contributed by atoms with Crippen LogP contribution in [0.25, 0.3) is 0 Å². The summed E-state index contributed by atoms with van der Waals surface area (Å²) in [6.45, 7) is 1.61. The zero-order valence-corrected chi connectivity index (χ0v) is 11.4. The molecule has 0 radical (unpaired) electrons. The fraction of sp³-hybridized carbons (Fsp3) is 0.294. The van der Waals surface area contributed by atoms with Crippen molar-refractivity contribution in [2.24, 2.45) is 0 Å². The maximum atomic E-state index is 13.9. The molecule has 1 aliphatic rings. The Bertz CT molecular complexity index is 635. The average Bonchev–Trinajstić information content (AvgIpc) is 2.88. The first-order valence-electron chi connectivity index (χ1n) is 6.90. The van der Waals surface area contributed by atoms with E-state index in [1.54, 1.807) is 19.1 Å². The lowest BCUT2D eigenvalue weighted by Crippen LogP contribution is -1.95. The first kappa shape index (κ1) is 13.1. The minimum Gasteiger partial charge on any atom is -0.454 e. The van der Waals surface area contributed by atoms with Gasteiger partial charge in [-0.25, -0.2) is 4.39 Å². The van der Waals surface area contributed by atoms with Crippen LogP contribution in [-0.4, -0.2) is 5.11 Å². The van der Waals surface area contributed by atoms with Crippen molar-refractivity contribution in [1.82, 2.24) is 0 Å². The summed E-state index contributed by atoms with van der Waals surface area (Å²) in [6.07, 6.45) is 2.68. The third-order valence-electron chi connectivity index (χ3n) is 3.74. The lowest BCUT2D eigenvalue weighted by atomic mass is 10.1. The number of halogens is 1. The Kier molecular flexibility index (Phi) is 3.45. The van der Waals surface area contributed by atoms with Crippen LogP contribution >= 0.6 is 0 Å². The Balaban J connectivity index is 1.84. The molecule has 2 nitrogen and oxygen atoms in total. The van der Waals surface area contributed by atoms with E-state index in [1.807, 2.05) is 12.1 Å². The molecule has 0 bridgehead atoms. The number of hydrogen-bond acceptors (Lipinski definition) is 2. The van der Waals surface area contributed by atoms with Gasteiger partial charge in [0.05, 0.1) is 6.10 Å². The number of hydrogen-bond donors (Lipinski definition) is 1. The smallest absolute Gasteiger partial charge is 0.166 e. The van der Waals surface area contributed by atoms with Crippen molar-refractivity contribution >= 4 is 0 Å². The number of fused-ring (bicyclic) bond motifs is 1. The van der Waals surface area contributed by atoms with E-state index in [-0.39, 0.29) is 5.75 Å². The molecule has 0 fully saturated rings. The van der Waals surface area contributed by atoms with Gasteiger partial charge in [-0.1, -0.05) is 12.1 Å². The van der Waals surface area contributed by atoms with E-state index < -0.39 is 11.9 Å². The van der Waals surface area contributed by atoms with Crippen molar-refractivity contribution in [3.05, 3.63) is 58.9 Å². The van der Waals surface area contributed by atoms with Gasteiger partial charge < -0.3 is 9.84 Å². The molecular formula is C17H17FO2. The van der Waals surface area contributed by atoms with Crippen molar-refractivity contribution < 1.29 is 14.2 Å². The maximum Gasteiger partial charge on any atom is 0.166 e. The Hall–Kier alpha value is -1.87. The molecule has 20 heavy (non-hydrogen) atoms. The molecular weight excluding hydrogens is 255 g/mol. The first-order chi connectivity index (χ1) is 9.63. The van der Waals surface area contributed by atoms with Gasteiger partial charge in [0.2, 0.25) is 0 Å². The molecule has 3 heteroatoms. The van der Waals surface area contributed by atoms with Crippen LogP contribution in [-0.2, 0) is 12.8 Å². The van der Waals surface area contributed by atoms with Gasteiger partial charge in [0.1, 0.15) is 5.75 Å². The van der Waals surface area contributed by atoms with Crippen LogP contribution in [0.1, 0.15) is 36.1 Å². The number of aryl methyl sites for hydroxylation is 2. The van der Waals surface area contributed by atoms with Gasteiger partial charge in [0.25, 0.3) is 0 Å². The van der Waals surface area contributed by atoms with E-state index >= 15 is 0 Å². The van der Waals surface area contributed by atoms with Crippen LogP contribution in [0.15, 0.2) is 36.4 Å². The number of benzene rings is 2. The number of ether oxygens (including phenoxy) is 1. The van der Waals surface area contributed by atoms with Crippen LogP contribution in [0.2, 0.25) is 0 Å². The molecule has 0 heterocycles. The monoisotopic (exact) mass is 272 g/mol. The molecule has 104 valence electrons. The van der Waals surface area contributed by atoms with Crippen molar-refractivity contribution in [1.29, 1.82) is 0 Å². The van der Waals surface area contributed by atoms with Crippen molar-refractivity contribution in [2.75, 3.05) is 0 Å². The third-order valence-corrected chi connectivity index (χ3v) is 3.74. The molecule has 3 rings (SSSR count). The number of rotatable bonds is 3. The Morgan fingerprint density at radius 2 is 1.90 bits per heavy atom. The fourth-order valence-electron chi connectivity index (χ4n) is 2.60. The van der Waals surface area contributed by atoms with Gasteiger partial charge in [0.15, 0.2) is 11.6 Å². The van der Waals surface area contributed by atoms with Gasteiger partial charge in [-0.15, -0.1) is 0 Å². The highest BCUT2D eigenvalue weighted by Gasteiger charge is 2.13. The van der Waals surface area contributed by atoms with Crippen LogP contribution in [0.4, 0.5) is 4.39 Å². The van der Waals surface area contributed by atoms with E-state index in [4.69, 9.17) is 4.74 Å². The SMILES string of the molecule is C[C@H](O)c1ccc(Oc2ccc3c(c2)CCC3)c(F)c1. The zero-order chi connectivity index (χ0) is 14.1. The van der Waals surface area contributed by atoms with Gasteiger partial charge in [-0.2, -0.15) is 0 Å². The molecule has 0 saturated carbocycles. The highest BCUT2D eigenvalue weighted by molar-refractivity contribution is 5.41.